The lowest BCUT2D eigenvalue weighted by Gasteiger charge is -2.39. The van der Waals surface area contributed by atoms with E-state index in [2.05, 4.69) is 100.0 Å². The fourth-order valence-electron chi connectivity index (χ4n) is 6.66. The van der Waals surface area contributed by atoms with E-state index in [9.17, 15) is 9.59 Å². The Labute approximate surface area is 306 Å². The highest BCUT2D eigenvalue weighted by molar-refractivity contribution is 9.10. The van der Waals surface area contributed by atoms with Crippen LogP contribution in [0, 0.1) is 0 Å². The minimum absolute atomic E-state index is 0.0832. The lowest BCUT2D eigenvalue weighted by atomic mass is 9.86. The number of hydrogen-bond acceptors (Lipinski definition) is 6. The van der Waals surface area contributed by atoms with Crippen LogP contribution in [0.4, 0.5) is 4.79 Å². The number of nitrogens with zero attached hydrogens (tertiary/aromatic N) is 5. The number of carbonyl (C=O) groups excluding carboxylic acids is 2. The van der Waals surface area contributed by atoms with Gasteiger partial charge in [-0.25, -0.2) is 4.79 Å². The summed E-state index contributed by atoms with van der Waals surface area (Å²) in [4.78, 5) is 41.1. The van der Waals surface area contributed by atoms with Gasteiger partial charge in [0.1, 0.15) is 17.6 Å². The molecule has 6 rings (SSSR count). The molecule has 0 aliphatic carbocycles. The zero-order valence-corrected chi connectivity index (χ0v) is 31.9. The average Bonchev–Trinajstić information content (AvgIpc) is 3.49. The standard InChI is InChI=1S/C38H45Br2N5O4/c1-5-49-32-24-28(38(2,3)4)10-15-31(32)36-41-34(26-6-11-29(39)12-7-26)35(27-8-13-30(40)14-9-27)45(36)37(47)44-18-16-42(17-19-44)25-33(46)43-20-22-48-23-21-43/h6-15,24,34-35H,5,16-23,25H2,1-4H3/t34?,35-/m1/s1. The second kappa shape index (κ2) is 15.3. The van der Waals surface area contributed by atoms with Crippen LogP contribution in [0.2, 0.25) is 0 Å². The number of aliphatic imine (C=N–C) groups is 1. The summed E-state index contributed by atoms with van der Waals surface area (Å²) in [5.74, 6) is 1.43. The van der Waals surface area contributed by atoms with E-state index >= 15 is 0 Å². The predicted octanol–water partition coefficient (Wildman–Crippen LogP) is 7.05. The van der Waals surface area contributed by atoms with Crippen molar-refractivity contribution in [3.8, 4) is 5.75 Å². The second-order valence-electron chi connectivity index (χ2n) is 13.7. The van der Waals surface area contributed by atoms with Crippen LogP contribution in [-0.2, 0) is 14.9 Å². The number of morpholine rings is 1. The van der Waals surface area contributed by atoms with E-state index in [4.69, 9.17) is 14.5 Å². The lowest BCUT2D eigenvalue weighted by molar-refractivity contribution is -0.136. The first-order valence-electron chi connectivity index (χ1n) is 17.1. The van der Waals surface area contributed by atoms with Crippen LogP contribution >= 0.6 is 31.9 Å². The molecule has 2 fully saturated rings. The molecule has 0 bridgehead atoms. The Hall–Kier alpha value is -3.25. The Morgan fingerprint density at radius 2 is 1.45 bits per heavy atom. The first-order chi connectivity index (χ1) is 23.5. The van der Waals surface area contributed by atoms with E-state index in [-0.39, 0.29) is 23.4 Å². The van der Waals surface area contributed by atoms with Crippen molar-refractivity contribution in [3.05, 3.63) is 97.9 Å². The van der Waals surface area contributed by atoms with Gasteiger partial charge in [-0.1, -0.05) is 83.0 Å². The monoisotopic (exact) mass is 793 g/mol. The third kappa shape index (κ3) is 8.06. The molecule has 260 valence electrons. The summed E-state index contributed by atoms with van der Waals surface area (Å²) in [5, 5.41) is 0. The second-order valence-corrected chi connectivity index (χ2v) is 15.6. The molecule has 0 radical (unpaired) electrons. The number of halogens is 2. The van der Waals surface area contributed by atoms with Crippen LogP contribution in [-0.4, -0.2) is 103 Å². The van der Waals surface area contributed by atoms with E-state index in [1.807, 2.05) is 45.9 Å². The molecule has 3 aromatic rings. The SMILES string of the molecule is CCOc1cc(C(C)(C)C)ccc1C1=NC(c2ccc(Br)cc2)[C@@H](c2ccc(Br)cc2)N1C(=O)N1CCN(CC(=O)N2CCOCC2)CC1. The van der Waals surface area contributed by atoms with E-state index in [0.717, 1.165) is 31.2 Å². The molecule has 9 nitrogen and oxygen atoms in total. The third-order valence-corrected chi connectivity index (χ3v) is 10.5. The topological polar surface area (TPSA) is 77.9 Å². The quantitative estimate of drug-likeness (QED) is 0.257. The maximum atomic E-state index is 14.9. The maximum Gasteiger partial charge on any atom is 0.326 e. The van der Waals surface area contributed by atoms with Crippen LogP contribution in [0.25, 0.3) is 0 Å². The molecule has 3 amide bonds. The number of piperazine rings is 1. The summed E-state index contributed by atoms with van der Waals surface area (Å²) in [6, 6.07) is 21.8. The van der Waals surface area contributed by atoms with Crippen molar-refractivity contribution in [2.75, 3.05) is 65.6 Å². The third-order valence-electron chi connectivity index (χ3n) is 9.45. The number of hydrogen-bond donors (Lipinski definition) is 0. The van der Waals surface area contributed by atoms with Crippen LogP contribution in [0.5, 0.6) is 5.75 Å². The van der Waals surface area contributed by atoms with Gasteiger partial charge in [0.2, 0.25) is 5.91 Å². The largest absolute Gasteiger partial charge is 0.493 e. The van der Waals surface area contributed by atoms with Crippen molar-refractivity contribution in [1.82, 2.24) is 19.6 Å². The minimum atomic E-state index is -0.394. The summed E-state index contributed by atoms with van der Waals surface area (Å²) in [7, 11) is 0. The lowest BCUT2D eigenvalue weighted by Crippen LogP contribution is -2.56. The molecule has 11 heteroatoms. The highest BCUT2D eigenvalue weighted by atomic mass is 79.9. The minimum Gasteiger partial charge on any atom is -0.493 e. The first-order valence-corrected chi connectivity index (χ1v) is 18.6. The predicted molar refractivity (Wildman–Crippen MR) is 199 cm³/mol. The van der Waals surface area contributed by atoms with Gasteiger partial charge in [0.05, 0.1) is 38.0 Å². The summed E-state index contributed by atoms with van der Waals surface area (Å²) in [5.41, 5.74) is 3.86. The molecule has 0 saturated carbocycles. The number of amidine groups is 1. The van der Waals surface area contributed by atoms with Crippen LogP contribution < -0.4 is 4.74 Å². The fraction of sp³-hybridized carbons (Fsp3) is 0.447. The molecule has 2 saturated heterocycles. The Morgan fingerprint density at radius 3 is 2.04 bits per heavy atom. The van der Waals surface area contributed by atoms with E-state index in [1.54, 1.807) is 0 Å². The molecule has 3 aromatic carbocycles. The number of amides is 3. The van der Waals surface area contributed by atoms with Crippen LogP contribution in [0.1, 0.15) is 62.0 Å². The number of urea groups is 1. The first kappa shape index (κ1) is 35.6. The zero-order chi connectivity index (χ0) is 34.7. The van der Waals surface area contributed by atoms with E-state index in [0.29, 0.717) is 77.2 Å². The summed E-state index contributed by atoms with van der Waals surface area (Å²) < 4.78 is 13.6. The molecular formula is C38H45Br2N5O4. The Kier molecular flexibility index (Phi) is 11.1. The van der Waals surface area contributed by atoms with Crippen molar-refractivity contribution in [2.45, 2.75) is 45.2 Å². The summed E-state index contributed by atoms with van der Waals surface area (Å²) in [6.45, 7) is 14.0. The zero-order valence-electron chi connectivity index (χ0n) is 28.7. The smallest absolute Gasteiger partial charge is 0.326 e. The normalized spacial score (nSPS) is 20.4. The highest BCUT2D eigenvalue weighted by Crippen LogP contribution is 2.46. The number of carbonyl (C=O) groups is 2. The van der Waals surface area contributed by atoms with E-state index < -0.39 is 6.04 Å². The number of rotatable bonds is 7. The Bertz CT molecular complexity index is 1660. The molecule has 49 heavy (non-hydrogen) atoms. The molecular weight excluding hydrogens is 750 g/mol. The van der Waals surface area contributed by atoms with Gasteiger partial charge in [-0.15, -0.1) is 0 Å². The molecule has 0 aromatic heterocycles. The summed E-state index contributed by atoms with van der Waals surface area (Å²) in [6.07, 6.45) is 0. The highest BCUT2D eigenvalue weighted by Gasteiger charge is 2.45. The van der Waals surface area contributed by atoms with Gasteiger partial charge in [0, 0.05) is 48.2 Å². The van der Waals surface area contributed by atoms with Gasteiger partial charge < -0.3 is 19.3 Å². The average molecular weight is 796 g/mol. The molecule has 3 aliphatic rings. The van der Waals surface area contributed by atoms with Gasteiger partial charge in [-0.2, -0.15) is 0 Å². The van der Waals surface area contributed by atoms with Gasteiger partial charge in [-0.3, -0.25) is 19.6 Å². The van der Waals surface area contributed by atoms with E-state index in [1.165, 1.54) is 0 Å². The molecule has 0 N–H and O–H groups in total. The van der Waals surface area contributed by atoms with Crippen molar-refractivity contribution in [1.29, 1.82) is 0 Å². The van der Waals surface area contributed by atoms with Crippen molar-refractivity contribution >= 4 is 49.6 Å². The molecule has 3 aliphatic heterocycles. The number of benzene rings is 3. The summed E-state index contributed by atoms with van der Waals surface area (Å²) >= 11 is 7.18. The molecule has 2 atom stereocenters. The van der Waals surface area contributed by atoms with Crippen molar-refractivity contribution in [2.24, 2.45) is 4.99 Å². The van der Waals surface area contributed by atoms with Gasteiger partial charge in [0.25, 0.3) is 0 Å². The fourth-order valence-corrected chi connectivity index (χ4v) is 7.19. The molecule has 3 heterocycles. The van der Waals surface area contributed by atoms with Crippen molar-refractivity contribution in [3.63, 3.8) is 0 Å². The molecule has 1 unspecified atom stereocenters. The van der Waals surface area contributed by atoms with Crippen LogP contribution in [0.3, 0.4) is 0 Å². The molecule has 0 spiro atoms. The van der Waals surface area contributed by atoms with Crippen molar-refractivity contribution < 1.29 is 19.1 Å². The number of ether oxygens (including phenoxy) is 2. The maximum absolute atomic E-state index is 14.9. The van der Waals surface area contributed by atoms with Crippen LogP contribution in [0.15, 0.2) is 80.7 Å². The Balaban J connectivity index is 1.37. The Morgan fingerprint density at radius 1 is 0.837 bits per heavy atom. The van der Waals surface area contributed by atoms with Gasteiger partial charge >= 0.3 is 6.03 Å². The van der Waals surface area contributed by atoms with Gasteiger partial charge in [-0.05, 0) is 65.4 Å². The van der Waals surface area contributed by atoms with Gasteiger partial charge in [0.15, 0.2) is 0 Å².